The number of carbonyl (C=O) groups excluding carboxylic acids is 1. The van der Waals surface area contributed by atoms with E-state index in [9.17, 15) is 13.6 Å². The highest BCUT2D eigenvalue weighted by molar-refractivity contribution is 6.31. The minimum atomic E-state index is -2.70. The summed E-state index contributed by atoms with van der Waals surface area (Å²) in [7, 11) is 1.51. The zero-order valence-electron chi connectivity index (χ0n) is 13.2. The first-order valence-electron chi connectivity index (χ1n) is 7.33. The Kier molecular flexibility index (Phi) is 4.80. The molecule has 0 aliphatic rings. The van der Waals surface area contributed by atoms with Crippen molar-refractivity contribution in [1.82, 2.24) is 23.8 Å². The molecule has 0 saturated heterocycles. The number of carbonyl (C=O) groups is 1. The number of likely N-dealkylation sites (N-methyl/N-ethyl adjacent to an activating group) is 1. The topological polar surface area (TPSA) is 55.4 Å². The van der Waals surface area contributed by atoms with Gasteiger partial charge in [-0.25, -0.2) is 9.97 Å². The van der Waals surface area contributed by atoms with Gasteiger partial charge in [0.05, 0.1) is 12.2 Å². The summed E-state index contributed by atoms with van der Waals surface area (Å²) in [6.07, 6.45) is 7.08. The van der Waals surface area contributed by atoms with Crippen molar-refractivity contribution in [2.24, 2.45) is 0 Å². The van der Waals surface area contributed by atoms with Gasteiger partial charge in [-0.05, 0) is 18.2 Å². The Balaban J connectivity index is 1.75. The van der Waals surface area contributed by atoms with Crippen LogP contribution in [0.3, 0.4) is 0 Å². The van der Waals surface area contributed by atoms with Crippen LogP contribution in [-0.2, 0) is 11.3 Å². The molecule has 3 aromatic heterocycles. The molecule has 0 aliphatic heterocycles. The molecular formula is C16H14ClF2N5O. The summed E-state index contributed by atoms with van der Waals surface area (Å²) in [5.74, 6) is -0.266. The third-order valence-corrected chi connectivity index (χ3v) is 3.90. The van der Waals surface area contributed by atoms with E-state index in [1.54, 1.807) is 22.7 Å². The normalized spacial score (nSPS) is 11.7. The Bertz CT molecular complexity index is 934. The Labute approximate surface area is 147 Å². The van der Waals surface area contributed by atoms with E-state index in [2.05, 4.69) is 9.97 Å². The van der Waals surface area contributed by atoms with E-state index >= 15 is 0 Å². The Hall–Kier alpha value is -2.74. The summed E-state index contributed by atoms with van der Waals surface area (Å²) in [6, 6.07) is 5.44. The molecule has 0 N–H and O–H groups in total. The molecule has 0 unspecified atom stereocenters. The van der Waals surface area contributed by atoms with E-state index in [1.807, 2.05) is 12.1 Å². The third-order valence-electron chi connectivity index (χ3n) is 3.62. The van der Waals surface area contributed by atoms with Crippen LogP contribution in [0.5, 0.6) is 0 Å². The molecule has 0 saturated carbocycles. The lowest BCUT2D eigenvalue weighted by Gasteiger charge is -2.15. The maximum atomic E-state index is 12.8. The molecular weight excluding hydrogens is 352 g/mol. The van der Waals surface area contributed by atoms with Gasteiger partial charge in [-0.3, -0.25) is 13.8 Å². The van der Waals surface area contributed by atoms with Gasteiger partial charge in [0.25, 0.3) is 0 Å². The molecule has 0 aliphatic carbocycles. The van der Waals surface area contributed by atoms with Crippen molar-refractivity contribution in [2.75, 3.05) is 7.05 Å². The van der Waals surface area contributed by atoms with Crippen LogP contribution >= 0.6 is 11.6 Å². The Morgan fingerprint density at radius 3 is 2.96 bits per heavy atom. The number of pyridine rings is 1. The number of nitrogens with zero attached hydrogens (tertiary/aromatic N) is 5. The lowest BCUT2D eigenvalue weighted by Crippen LogP contribution is -2.26. The maximum absolute atomic E-state index is 12.8. The van der Waals surface area contributed by atoms with Crippen LogP contribution in [0, 0.1) is 0 Å². The molecule has 130 valence electrons. The highest BCUT2D eigenvalue weighted by atomic mass is 35.5. The van der Waals surface area contributed by atoms with Crippen molar-refractivity contribution >= 4 is 29.2 Å². The number of rotatable bonds is 5. The SMILES string of the molecule is CN(Cc1nccn1C(F)F)C(=O)/C=C/c1c(Cl)nc2ccccn12. The largest absolute Gasteiger partial charge is 0.335 e. The monoisotopic (exact) mass is 365 g/mol. The highest BCUT2D eigenvalue weighted by Gasteiger charge is 2.15. The molecule has 0 radical (unpaired) electrons. The first-order valence-corrected chi connectivity index (χ1v) is 7.71. The number of aromatic nitrogens is 4. The van der Waals surface area contributed by atoms with Gasteiger partial charge in [0.2, 0.25) is 5.91 Å². The number of alkyl halides is 2. The lowest BCUT2D eigenvalue weighted by atomic mass is 10.3. The summed E-state index contributed by atoms with van der Waals surface area (Å²) in [5, 5.41) is 0.270. The number of fused-ring (bicyclic) bond motifs is 1. The van der Waals surface area contributed by atoms with E-state index in [1.165, 1.54) is 30.4 Å². The molecule has 3 rings (SSSR count). The number of amides is 1. The summed E-state index contributed by atoms with van der Waals surface area (Å²) in [6.45, 7) is -2.74. The van der Waals surface area contributed by atoms with Crippen molar-refractivity contribution in [3.05, 3.63) is 59.5 Å². The van der Waals surface area contributed by atoms with Crippen LogP contribution in [0.25, 0.3) is 11.7 Å². The van der Waals surface area contributed by atoms with Gasteiger partial charge in [-0.1, -0.05) is 17.7 Å². The van der Waals surface area contributed by atoms with Gasteiger partial charge in [0.15, 0.2) is 5.15 Å². The fraction of sp³-hybridized carbons (Fsp3) is 0.188. The van der Waals surface area contributed by atoms with Crippen molar-refractivity contribution in [1.29, 1.82) is 0 Å². The lowest BCUT2D eigenvalue weighted by molar-refractivity contribution is -0.125. The minimum absolute atomic E-state index is 0.0403. The highest BCUT2D eigenvalue weighted by Crippen LogP contribution is 2.19. The maximum Gasteiger partial charge on any atom is 0.319 e. The number of halogens is 3. The quantitative estimate of drug-likeness (QED) is 0.652. The van der Waals surface area contributed by atoms with E-state index in [4.69, 9.17) is 11.6 Å². The Morgan fingerprint density at radius 2 is 2.20 bits per heavy atom. The molecule has 9 heteroatoms. The molecule has 0 atom stereocenters. The first-order chi connectivity index (χ1) is 12.0. The summed E-state index contributed by atoms with van der Waals surface area (Å²) >= 11 is 6.10. The van der Waals surface area contributed by atoms with Gasteiger partial charge < -0.3 is 4.90 Å². The first kappa shape index (κ1) is 17.1. The predicted molar refractivity (Wildman–Crippen MR) is 89.2 cm³/mol. The van der Waals surface area contributed by atoms with Gasteiger partial charge in [0, 0.05) is 31.7 Å². The molecule has 6 nitrogen and oxygen atoms in total. The second-order valence-electron chi connectivity index (χ2n) is 5.27. The summed E-state index contributed by atoms with van der Waals surface area (Å²) in [5.41, 5.74) is 1.22. The number of hydrogen-bond acceptors (Lipinski definition) is 3. The van der Waals surface area contributed by atoms with Crippen LogP contribution in [0.2, 0.25) is 5.15 Å². The molecule has 1 amide bonds. The third kappa shape index (κ3) is 3.53. The van der Waals surface area contributed by atoms with Crippen molar-refractivity contribution in [3.8, 4) is 0 Å². The zero-order valence-corrected chi connectivity index (χ0v) is 13.9. The average Bonchev–Trinajstić information content (AvgIpc) is 3.16. The molecule has 0 fully saturated rings. The molecule has 3 aromatic rings. The van der Waals surface area contributed by atoms with Crippen LogP contribution in [0.1, 0.15) is 18.1 Å². The second kappa shape index (κ2) is 7.02. The van der Waals surface area contributed by atoms with E-state index < -0.39 is 6.55 Å². The Morgan fingerprint density at radius 1 is 1.40 bits per heavy atom. The van der Waals surface area contributed by atoms with Crippen LogP contribution in [0.4, 0.5) is 8.78 Å². The summed E-state index contributed by atoms with van der Waals surface area (Å²) in [4.78, 5) is 21.6. The molecule has 0 aromatic carbocycles. The van der Waals surface area contributed by atoms with E-state index in [-0.39, 0.29) is 23.4 Å². The van der Waals surface area contributed by atoms with Gasteiger partial charge in [-0.2, -0.15) is 8.78 Å². The fourth-order valence-electron chi connectivity index (χ4n) is 2.35. The number of hydrogen-bond donors (Lipinski definition) is 0. The molecule has 25 heavy (non-hydrogen) atoms. The minimum Gasteiger partial charge on any atom is -0.335 e. The second-order valence-corrected chi connectivity index (χ2v) is 5.63. The van der Waals surface area contributed by atoms with E-state index in [0.717, 1.165) is 4.57 Å². The van der Waals surface area contributed by atoms with Crippen LogP contribution in [-0.4, -0.2) is 36.8 Å². The standard InChI is InChI=1S/C16H14ClF2N5O/c1-22(10-13-20-7-9-24(13)16(18)19)14(25)6-5-11-15(17)21-12-4-2-3-8-23(11)12/h2-9,16H,10H2,1H3/b6-5+. The van der Waals surface area contributed by atoms with Crippen molar-refractivity contribution in [3.63, 3.8) is 0 Å². The predicted octanol–water partition coefficient (Wildman–Crippen LogP) is 3.25. The molecule has 0 bridgehead atoms. The van der Waals surface area contributed by atoms with Crippen LogP contribution in [0.15, 0.2) is 42.9 Å². The average molecular weight is 366 g/mol. The van der Waals surface area contributed by atoms with Crippen molar-refractivity contribution in [2.45, 2.75) is 13.1 Å². The zero-order chi connectivity index (χ0) is 18.0. The summed E-state index contributed by atoms with van der Waals surface area (Å²) < 4.78 is 28.1. The smallest absolute Gasteiger partial charge is 0.319 e. The van der Waals surface area contributed by atoms with Gasteiger partial charge >= 0.3 is 6.55 Å². The van der Waals surface area contributed by atoms with Crippen LogP contribution < -0.4 is 0 Å². The fourth-order valence-corrected chi connectivity index (χ4v) is 2.59. The van der Waals surface area contributed by atoms with Crippen molar-refractivity contribution < 1.29 is 13.6 Å². The molecule has 0 spiro atoms. The number of imidazole rings is 2. The van der Waals surface area contributed by atoms with Gasteiger partial charge in [0.1, 0.15) is 11.5 Å². The molecule has 3 heterocycles. The van der Waals surface area contributed by atoms with Gasteiger partial charge in [-0.15, -0.1) is 0 Å². The van der Waals surface area contributed by atoms with E-state index in [0.29, 0.717) is 11.3 Å².